The Morgan fingerprint density at radius 3 is 2.36 bits per heavy atom. The van der Waals surface area contributed by atoms with Gasteiger partial charge in [0, 0.05) is 5.92 Å². The van der Waals surface area contributed by atoms with Crippen molar-refractivity contribution in [3.63, 3.8) is 0 Å². The number of carbonyl (C=O) groups excluding carboxylic acids is 1. The lowest BCUT2D eigenvalue weighted by atomic mass is 9.98. The first-order valence-electron chi connectivity index (χ1n) is 4.99. The van der Waals surface area contributed by atoms with Crippen LogP contribution in [-0.2, 0) is 4.79 Å². The number of aldehydes is 1. The van der Waals surface area contributed by atoms with E-state index in [-0.39, 0.29) is 5.92 Å². The Kier molecular flexibility index (Phi) is 4.17. The molecule has 0 radical (unpaired) electrons. The Bertz CT molecular complexity index is 277. The summed E-state index contributed by atoms with van der Waals surface area (Å²) < 4.78 is 5.32. The molecule has 0 aliphatic rings. The lowest BCUT2D eigenvalue weighted by Crippen LogP contribution is -1.98. The maximum absolute atomic E-state index is 10.7. The van der Waals surface area contributed by atoms with Crippen molar-refractivity contribution >= 4 is 6.29 Å². The maximum Gasteiger partial charge on any atom is 0.127 e. The third kappa shape index (κ3) is 2.59. The molecule has 1 rings (SSSR count). The van der Waals surface area contributed by atoms with E-state index in [1.165, 1.54) is 0 Å². The summed E-state index contributed by atoms with van der Waals surface area (Å²) in [5.41, 5.74) is 1.06. The fourth-order valence-corrected chi connectivity index (χ4v) is 1.39. The zero-order chi connectivity index (χ0) is 10.4. The largest absolute Gasteiger partial charge is 0.494 e. The third-order valence-electron chi connectivity index (χ3n) is 2.22. The summed E-state index contributed by atoms with van der Waals surface area (Å²) in [5.74, 6) is 0.877. The van der Waals surface area contributed by atoms with Crippen molar-refractivity contribution in [3.8, 4) is 5.75 Å². The van der Waals surface area contributed by atoms with Crippen LogP contribution in [0, 0.1) is 0 Å². The molecule has 76 valence electrons. The molecular formula is C12H16O2. The van der Waals surface area contributed by atoms with E-state index in [0.717, 1.165) is 24.0 Å². The van der Waals surface area contributed by atoms with E-state index < -0.39 is 0 Å². The van der Waals surface area contributed by atoms with Gasteiger partial charge in [0.25, 0.3) is 0 Å². The van der Waals surface area contributed by atoms with Crippen molar-refractivity contribution in [2.24, 2.45) is 0 Å². The fourth-order valence-electron chi connectivity index (χ4n) is 1.39. The Labute approximate surface area is 84.9 Å². The Hall–Kier alpha value is -1.31. The Morgan fingerprint density at radius 2 is 1.93 bits per heavy atom. The lowest BCUT2D eigenvalue weighted by molar-refractivity contribution is -0.109. The second-order valence-electron chi connectivity index (χ2n) is 3.15. The molecule has 0 aromatic heterocycles. The van der Waals surface area contributed by atoms with Crippen LogP contribution in [0.2, 0.25) is 0 Å². The molecule has 1 unspecified atom stereocenters. The van der Waals surface area contributed by atoms with Crippen LogP contribution in [-0.4, -0.2) is 12.9 Å². The average Bonchev–Trinajstić information content (AvgIpc) is 2.23. The minimum Gasteiger partial charge on any atom is -0.494 e. The molecule has 0 bridgehead atoms. The van der Waals surface area contributed by atoms with Gasteiger partial charge in [-0.05, 0) is 31.0 Å². The standard InChI is InChI=1S/C12H16O2/c1-3-10(9-13)11-5-7-12(8-6-11)14-4-2/h5-10H,3-4H2,1-2H3. The van der Waals surface area contributed by atoms with Gasteiger partial charge in [0.15, 0.2) is 0 Å². The highest BCUT2D eigenvalue weighted by Gasteiger charge is 2.06. The molecule has 14 heavy (non-hydrogen) atoms. The van der Waals surface area contributed by atoms with E-state index in [9.17, 15) is 4.79 Å². The van der Waals surface area contributed by atoms with Gasteiger partial charge in [-0.25, -0.2) is 0 Å². The average molecular weight is 192 g/mol. The summed E-state index contributed by atoms with van der Waals surface area (Å²) >= 11 is 0. The zero-order valence-electron chi connectivity index (χ0n) is 8.69. The Morgan fingerprint density at radius 1 is 1.29 bits per heavy atom. The van der Waals surface area contributed by atoms with Crippen molar-refractivity contribution in [2.75, 3.05) is 6.61 Å². The molecule has 1 aromatic carbocycles. The monoisotopic (exact) mass is 192 g/mol. The molecule has 0 saturated carbocycles. The fraction of sp³-hybridized carbons (Fsp3) is 0.417. The molecule has 0 spiro atoms. The van der Waals surface area contributed by atoms with Gasteiger partial charge < -0.3 is 9.53 Å². The first-order valence-corrected chi connectivity index (χ1v) is 4.99. The molecule has 0 aliphatic carbocycles. The van der Waals surface area contributed by atoms with Crippen molar-refractivity contribution in [2.45, 2.75) is 26.2 Å². The van der Waals surface area contributed by atoms with Gasteiger partial charge in [0.2, 0.25) is 0 Å². The summed E-state index contributed by atoms with van der Waals surface area (Å²) in [6.07, 6.45) is 1.84. The van der Waals surface area contributed by atoms with Crippen LogP contribution < -0.4 is 4.74 Å². The first-order chi connectivity index (χ1) is 6.81. The molecule has 1 atom stereocenters. The molecule has 2 heteroatoms. The number of rotatable bonds is 5. The topological polar surface area (TPSA) is 26.3 Å². The lowest BCUT2D eigenvalue weighted by Gasteiger charge is -2.08. The zero-order valence-corrected chi connectivity index (χ0v) is 8.69. The molecule has 0 aliphatic heterocycles. The van der Waals surface area contributed by atoms with Crippen LogP contribution in [0.1, 0.15) is 31.7 Å². The van der Waals surface area contributed by atoms with E-state index in [2.05, 4.69) is 0 Å². The number of ether oxygens (including phenoxy) is 1. The summed E-state index contributed by atoms with van der Waals surface area (Å²) in [5, 5.41) is 0. The van der Waals surface area contributed by atoms with E-state index in [1.807, 2.05) is 38.1 Å². The minimum atomic E-state index is 0.0191. The molecule has 0 N–H and O–H groups in total. The van der Waals surface area contributed by atoms with Gasteiger partial charge >= 0.3 is 0 Å². The molecular weight excluding hydrogens is 176 g/mol. The number of benzene rings is 1. The summed E-state index contributed by atoms with van der Waals surface area (Å²) in [6.45, 7) is 4.63. The van der Waals surface area contributed by atoms with Gasteiger partial charge in [0.1, 0.15) is 12.0 Å². The SMILES string of the molecule is CCOc1ccc(C(C=O)CC)cc1. The van der Waals surface area contributed by atoms with Gasteiger partial charge in [-0.2, -0.15) is 0 Å². The summed E-state index contributed by atoms with van der Waals surface area (Å²) in [4.78, 5) is 10.7. The third-order valence-corrected chi connectivity index (χ3v) is 2.22. The van der Waals surface area contributed by atoms with Gasteiger partial charge in [-0.3, -0.25) is 0 Å². The van der Waals surface area contributed by atoms with Crippen molar-refractivity contribution < 1.29 is 9.53 Å². The predicted molar refractivity (Wildman–Crippen MR) is 56.7 cm³/mol. The van der Waals surface area contributed by atoms with Crippen LogP contribution in [0.3, 0.4) is 0 Å². The van der Waals surface area contributed by atoms with Crippen molar-refractivity contribution in [1.29, 1.82) is 0 Å². The number of hydrogen-bond acceptors (Lipinski definition) is 2. The smallest absolute Gasteiger partial charge is 0.127 e. The number of hydrogen-bond donors (Lipinski definition) is 0. The minimum absolute atomic E-state index is 0.0191. The maximum atomic E-state index is 10.7. The molecule has 0 amide bonds. The summed E-state index contributed by atoms with van der Waals surface area (Å²) in [7, 11) is 0. The normalized spacial score (nSPS) is 12.1. The number of carbonyl (C=O) groups is 1. The highest BCUT2D eigenvalue weighted by molar-refractivity contribution is 5.62. The highest BCUT2D eigenvalue weighted by Crippen LogP contribution is 2.20. The van der Waals surface area contributed by atoms with E-state index >= 15 is 0 Å². The van der Waals surface area contributed by atoms with Crippen LogP contribution >= 0.6 is 0 Å². The molecule has 0 fully saturated rings. The van der Waals surface area contributed by atoms with Crippen LogP contribution in [0.15, 0.2) is 24.3 Å². The van der Waals surface area contributed by atoms with Crippen LogP contribution in [0.5, 0.6) is 5.75 Å². The predicted octanol–water partition coefficient (Wildman–Crippen LogP) is 2.78. The van der Waals surface area contributed by atoms with Crippen LogP contribution in [0.4, 0.5) is 0 Å². The molecule has 0 saturated heterocycles. The Balaban J connectivity index is 2.76. The van der Waals surface area contributed by atoms with E-state index in [0.29, 0.717) is 6.61 Å². The van der Waals surface area contributed by atoms with Crippen molar-refractivity contribution in [1.82, 2.24) is 0 Å². The van der Waals surface area contributed by atoms with E-state index in [1.54, 1.807) is 0 Å². The molecule has 1 aromatic rings. The van der Waals surface area contributed by atoms with Crippen molar-refractivity contribution in [3.05, 3.63) is 29.8 Å². The van der Waals surface area contributed by atoms with Crippen LogP contribution in [0.25, 0.3) is 0 Å². The quantitative estimate of drug-likeness (QED) is 0.670. The molecule has 2 nitrogen and oxygen atoms in total. The second-order valence-corrected chi connectivity index (χ2v) is 3.15. The van der Waals surface area contributed by atoms with Gasteiger partial charge in [0.05, 0.1) is 6.61 Å². The highest BCUT2D eigenvalue weighted by atomic mass is 16.5. The molecule has 0 heterocycles. The van der Waals surface area contributed by atoms with Gasteiger partial charge in [-0.1, -0.05) is 19.1 Å². The summed E-state index contributed by atoms with van der Waals surface area (Å²) in [6, 6.07) is 7.72. The second kappa shape index (κ2) is 5.43. The first kappa shape index (κ1) is 10.8. The van der Waals surface area contributed by atoms with Gasteiger partial charge in [-0.15, -0.1) is 0 Å². The van der Waals surface area contributed by atoms with E-state index in [4.69, 9.17) is 4.74 Å².